The van der Waals surface area contributed by atoms with Gasteiger partial charge in [-0.25, -0.2) is 14.4 Å². The number of hydrogen-bond donors (Lipinski definition) is 1. The van der Waals surface area contributed by atoms with Gasteiger partial charge in [-0.2, -0.15) is 0 Å². The van der Waals surface area contributed by atoms with Crippen molar-refractivity contribution in [2.75, 3.05) is 0 Å². The van der Waals surface area contributed by atoms with Crippen LogP contribution in [0, 0.1) is 11.7 Å². The van der Waals surface area contributed by atoms with Crippen LogP contribution in [-0.4, -0.2) is 21.4 Å². The molecule has 4 rings (SSSR count). The highest BCUT2D eigenvalue weighted by Crippen LogP contribution is 2.39. The van der Waals surface area contributed by atoms with Gasteiger partial charge >= 0.3 is 0 Å². The molecular formula is C26H28FN3O. The Morgan fingerprint density at radius 2 is 1.74 bits per heavy atom. The van der Waals surface area contributed by atoms with Crippen molar-refractivity contribution in [1.82, 2.24) is 15.3 Å². The Morgan fingerprint density at radius 3 is 2.39 bits per heavy atom. The van der Waals surface area contributed by atoms with Crippen molar-refractivity contribution in [3.63, 3.8) is 0 Å². The lowest BCUT2D eigenvalue weighted by Gasteiger charge is -2.26. The van der Waals surface area contributed by atoms with E-state index < -0.39 is 0 Å². The molecule has 160 valence electrons. The maximum atomic E-state index is 13.5. The van der Waals surface area contributed by atoms with Crippen molar-refractivity contribution in [1.29, 1.82) is 0 Å². The number of nitrogens with zero attached hydrogens (tertiary/aromatic N) is 2. The van der Waals surface area contributed by atoms with Gasteiger partial charge in [-0.1, -0.05) is 26.0 Å². The first-order valence-corrected chi connectivity index (χ1v) is 10.8. The van der Waals surface area contributed by atoms with E-state index in [1.165, 1.54) is 12.1 Å². The number of halogens is 1. The normalized spacial score (nSPS) is 14.0. The van der Waals surface area contributed by atoms with Crippen LogP contribution in [0.2, 0.25) is 0 Å². The minimum Gasteiger partial charge on any atom is -0.347 e. The molecule has 1 amide bonds. The quantitative estimate of drug-likeness (QED) is 0.536. The van der Waals surface area contributed by atoms with Gasteiger partial charge in [0.25, 0.3) is 5.91 Å². The molecule has 1 aromatic heterocycles. The summed E-state index contributed by atoms with van der Waals surface area (Å²) in [6.07, 6.45) is 5.64. The molecule has 5 heteroatoms. The Balaban J connectivity index is 1.81. The van der Waals surface area contributed by atoms with E-state index in [1.807, 2.05) is 18.2 Å². The highest BCUT2D eigenvalue weighted by Gasteiger charge is 2.38. The lowest BCUT2D eigenvalue weighted by Crippen LogP contribution is -2.45. The molecule has 1 heterocycles. The van der Waals surface area contributed by atoms with Crippen LogP contribution in [-0.2, 0) is 0 Å². The van der Waals surface area contributed by atoms with Crippen LogP contribution < -0.4 is 5.32 Å². The van der Waals surface area contributed by atoms with Crippen molar-refractivity contribution in [2.45, 2.75) is 52.0 Å². The zero-order valence-corrected chi connectivity index (χ0v) is 18.4. The largest absolute Gasteiger partial charge is 0.347 e. The van der Waals surface area contributed by atoms with E-state index in [-0.39, 0.29) is 23.2 Å². The molecule has 0 aliphatic heterocycles. The van der Waals surface area contributed by atoms with Gasteiger partial charge in [0.2, 0.25) is 0 Å². The summed E-state index contributed by atoms with van der Waals surface area (Å²) in [5.74, 6) is 0.331. The number of carbonyl (C=O) groups is 1. The zero-order chi connectivity index (χ0) is 22.2. The fourth-order valence-electron chi connectivity index (χ4n) is 4.02. The minimum atomic E-state index is -0.289. The summed E-state index contributed by atoms with van der Waals surface area (Å²) in [7, 11) is 0. The molecule has 0 atom stereocenters. The third-order valence-electron chi connectivity index (χ3n) is 6.01. The van der Waals surface area contributed by atoms with E-state index in [1.54, 1.807) is 24.7 Å². The van der Waals surface area contributed by atoms with Gasteiger partial charge in [-0.3, -0.25) is 4.79 Å². The first-order chi connectivity index (χ1) is 14.7. The van der Waals surface area contributed by atoms with Gasteiger partial charge in [-0.15, -0.1) is 0 Å². The SMILES string of the molecule is CC(C)c1ncncc1-c1cc(C(=O)NC(C)(C)C2CC2)cc(-c2ccc(F)cc2)c1. The molecule has 0 radical (unpaired) electrons. The number of carbonyl (C=O) groups excluding carboxylic acids is 1. The van der Waals surface area contributed by atoms with Gasteiger partial charge in [0, 0.05) is 22.9 Å². The fraction of sp³-hybridized carbons (Fsp3) is 0.346. The Labute approximate surface area is 183 Å². The van der Waals surface area contributed by atoms with E-state index in [0.29, 0.717) is 11.5 Å². The Bertz CT molecular complexity index is 1100. The zero-order valence-electron chi connectivity index (χ0n) is 18.4. The molecule has 4 nitrogen and oxygen atoms in total. The molecule has 0 unspecified atom stereocenters. The maximum absolute atomic E-state index is 13.5. The third kappa shape index (κ3) is 4.66. The molecule has 1 aliphatic carbocycles. The number of aromatic nitrogens is 2. The molecular weight excluding hydrogens is 389 g/mol. The summed E-state index contributed by atoms with van der Waals surface area (Å²) < 4.78 is 13.5. The van der Waals surface area contributed by atoms with Gasteiger partial charge in [0.05, 0.1) is 5.69 Å². The van der Waals surface area contributed by atoms with Crippen LogP contribution in [0.5, 0.6) is 0 Å². The van der Waals surface area contributed by atoms with Gasteiger partial charge in [0.15, 0.2) is 0 Å². The van der Waals surface area contributed by atoms with E-state index in [4.69, 9.17) is 0 Å². The second-order valence-electron chi connectivity index (χ2n) is 9.23. The van der Waals surface area contributed by atoms with Crippen molar-refractivity contribution in [3.05, 3.63) is 72.1 Å². The maximum Gasteiger partial charge on any atom is 0.251 e. The average Bonchev–Trinajstić information content (AvgIpc) is 3.60. The van der Waals surface area contributed by atoms with Crippen LogP contribution >= 0.6 is 0 Å². The Kier molecular flexibility index (Phi) is 5.61. The highest BCUT2D eigenvalue weighted by atomic mass is 19.1. The standard InChI is InChI=1S/C26H28FN3O/c1-16(2)24-23(14-28-15-29-24)19-11-18(17-5-9-22(27)10-6-17)12-20(13-19)25(31)30-26(3,4)21-7-8-21/h5-6,9-16,21H,7-8H2,1-4H3,(H,30,31). The van der Waals surface area contributed by atoms with E-state index >= 15 is 0 Å². The minimum absolute atomic E-state index is 0.106. The Hall–Kier alpha value is -3.08. The molecule has 2 aromatic carbocycles. The highest BCUT2D eigenvalue weighted by molar-refractivity contribution is 5.97. The predicted molar refractivity (Wildman–Crippen MR) is 121 cm³/mol. The van der Waals surface area contributed by atoms with Crippen molar-refractivity contribution >= 4 is 5.91 Å². The number of benzene rings is 2. The van der Waals surface area contributed by atoms with Crippen molar-refractivity contribution in [2.24, 2.45) is 5.92 Å². The summed E-state index contributed by atoms with van der Waals surface area (Å²) in [4.78, 5) is 21.9. The van der Waals surface area contributed by atoms with Crippen LogP contribution in [0.4, 0.5) is 4.39 Å². The van der Waals surface area contributed by atoms with Gasteiger partial charge in [-0.05, 0) is 85.5 Å². The smallest absolute Gasteiger partial charge is 0.251 e. The second kappa shape index (κ2) is 8.22. The molecule has 0 spiro atoms. The first kappa shape index (κ1) is 21.2. The van der Waals surface area contributed by atoms with E-state index in [0.717, 1.165) is 40.8 Å². The molecule has 1 fully saturated rings. The number of hydrogen-bond acceptors (Lipinski definition) is 3. The van der Waals surface area contributed by atoms with Crippen LogP contribution in [0.1, 0.15) is 62.5 Å². The predicted octanol–water partition coefficient (Wildman–Crippen LogP) is 5.99. The Morgan fingerprint density at radius 1 is 1.06 bits per heavy atom. The van der Waals surface area contributed by atoms with Crippen LogP contribution in [0.15, 0.2) is 55.0 Å². The van der Waals surface area contributed by atoms with E-state index in [9.17, 15) is 9.18 Å². The first-order valence-electron chi connectivity index (χ1n) is 10.8. The van der Waals surface area contributed by atoms with Gasteiger partial charge < -0.3 is 5.32 Å². The third-order valence-corrected chi connectivity index (χ3v) is 6.01. The fourth-order valence-corrected chi connectivity index (χ4v) is 4.02. The molecule has 1 aliphatic rings. The second-order valence-corrected chi connectivity index (χ2v) is 9.23. The lowest BCUT2D eigenvalue weighted by molar-refractivity contribution is 0.0903. The number of amides is 1. The monoisotopic (exact) mass is 417 g/mol. The summed E-state index contributed by atoms with van der Waals surface area (Å²) in [6.45, 7) is 8.33. The average molecular weight is 418 g/mol. The summed E-state index contributed by atoms with van der Waals surface area (Å²) >= 11 is 0. The van der Waals surface area contributed by atoms with Crippen molar-refractivity contribution in [3.8, 4) is 22.3 Å². The van der Waals surface area contributed by atoms with Crippen LogP contribution in [0.3, 0.4) is 0 Å². The summed E-state index contributed by atoms with van der Waals surface area (Å²) in [5.41, 5.74) is 4.73. The van der Waals surface area contributed by atoms with Gasteiger partial charge in [0.1, 0.15) is 12.1 Å². The summed E-state index contributed by atoms with van der Waals surface area (Å²) in [5, 5.41) is 3.21. The molecule has 31 heavy (non-hydrogen) atoms. The molecule has 0 bridgehead atoms. The molecule has 0 saturated heterocycles. The number of nitrogens with one attached hydrogen (secondary N) is 1. The van der Waals surface area contributed by atoms with Crippen molar-refractivity contribution < 1.29 is 9.18 Å². The van der Waals surface area contributed by atoms with Crippen LogP contribution in [0.25, 0.3) is 22.3 Å². The molecule has 1 N–H and O–H groups in total. The lowest BCUT2D eigenvalue weighted by atomic mass is 9.92. The molecule has 3 aromatic rings. The van der Waals surface area contributed by atoms with E-state index in [2.05, 4.69) is 43.0 Å². The topological polar surface area (TPSA) is 54.9 Å². The number of rotatable bonds is 6. The summed E-state index contributed by atoms with van der Waals surface area (Å²) in [6, 6.07) is 12.1. The molecule has 1 saturated carbocycles.